The Hall–Kier alpha value is -1.27. The van der Waals surface area contributed by atoms with Gasteiger partial charge in [-0.2, -0.15) is 0 Å². The quantitative estimate of drug-likeness (QED) is 0.234. The molecule has 128 valence electrons. The monoisotopic (exact) mass is 365 g/mol. The summed E-state index contributed by atoms with van der Waals surface area (Å²) in [7, 11) is 0. The molecular formula is C16H21FeO6+. The van der Waals surface area contributed by atoms with Crippen molar-refractivity contribution in [3.63, 3.8) is 0 Å². The second-order valence-corrected chi connectivity index (χ2v) is 3.88. The molecule has 0 rings (SSSR count). The summed E-state index contributed by atoms with van der Waals surface area (Å²) in [6.45, 7) is 18.8. The molecule has 0 aromatic rings. The van der Waals surface area contributed by atoms with E-state index in [0.717, 1.165) is 32.1 Å². The molecule has 0 aromatic carbocycles. The van der Waals surface area contributed by atoms with E-state index in [9.17, 15) is 9.90 Å². The average Bonchev–Trinajstić information content (AvgIpc) is 2.57. The molecule has 0 fully saturated rings. The smallest absolute Gasteiger partial charge is 2.00 e. The van der Waals surface area contributed by atoms with Crippen molar-refractivity contribution >= 4 is 6.47 Å². The van der Waals surface area contributed by atoms with Crippen LogP contribution in [0.25, 0.3) is 0 Å². The van der Waals surface area contributed by atoms with Gasteiger partial charge in [-0.05, 0) is 32.6 Å². The summed E-state index contributed by atoms with van der Waals surface area (Å²) in [4.78, 5) is 9.90. The van der Waals surface area contributed by atoms with Crippen LogP contribution < -0.4 is 0 Å². The van der Waals surface area contributed by atoms with E-state index >= 15 is 0 Å². The first kappa shape index (κ1) is 33.4. The zero-order valence-electron chi connectivity index (χ0n) is 13.2. The van der Waals surface area contributed by atoms with Gasteiger partial charge in [0, 0.05) is 6.42 Å². The number of hydrogen-bond donors (Lipinski definition) is 1. The van der Waals surface area contributed by atoms with Crippen LogP contribution in [0.3, 0.4) is 0 Å². The van der Waals surface area contributed by atoms with Gasteiger partial charge < -0.3 is 14.6 Å². The maximum Gasteiger partial charge on any atom is 2.00 e. The van der Waals surface area contributed by atoms with E-state index in [-0.39, 0.29) is 23.2 Å². The summed E-state index contributed by atoms with van der Waals surface area (Å²) >= 11 is 0. The molecule has 0 aliphatic rings. The first-order chi connectivity index (χ1) is 10.7. The fourth-order valence-corrected chi connectivity index (χ4v) is 1.27. The molecule has 0 spiro atoms. The van der Waals surface area contributed by atoms with Gasteiger partial charge in [0.2, 0.25) is 0 Å². The summed E-state index contributed by atoms with van der Waals surface area (Å²) < 4.78 is 27.1. The van der Waals surface area contributed by atoms with Gasteiger partial charge in [-0.25, -0.2) is 0 Å². The second kappa shape index (κ2) is 37.2. The third-order valence-electron chi connectivity index (χ3n) is 2.26. The third kappa shape index (κ3) is 38.6. The van der Waals surface area contributed by atoms with Gasteiger partial charge in [-0.3, -0.25) is 0 Å². The summed E-state index contributed by atoms with van der Waals surface area (Å²) in [6, 6.07) is 0. The Bertz CT molecular complexity index is 326. The molecule has 2 atom stereocenters. The molecule has 0 aromatic heterocycles. The predicted molar refractivity (Wildman–Crippen MR) is 75.2 cm³/mol. The summed E-state index contributed by atoms with van der Waals surface area (Å²) in [5, 5.41) is 9.50. The van der Waals surface area contributed by atoms with Gasteiger partial charge in [0.15, 0.2) is 0 Å². The van der Waals surface area contributed by atoms with Crippen LogP contribution in [-0.4, -0.2) is 23.8 Å². The minimum atomic E-state index is -0.552. The molecule has 0 saturated carbocycles. The standard InChI is InChI=1S/C13H21O3.3CO.Fe/c1-3-4-5-6-9-13(15)10-7-8-12(2)16-11-14;3*1-2;/h12-13,15H,3-5,7-8,10H2,1-2H3;;;;/q-1;;;;+2/t12-,13+;;;;/m0..../s1. The van der Waals surface area contributed by atoms with Crippen molar-refractivity contribution in [1.82, 2.24) is 0 Å². The average molecular weight is 365 g/mol. The van der Waals surface area contributed by atoms with E-state index in [1.54, 1.807) is 0 Å². The van der Waals surface area contributed by atoms with Crippen molar-refractivity contribution in [2.24, 2.45) is 0 Å². The van der Waals surface area contributed by atoms with Crippen molar-refractivity contribution in [2.75, 3.05) is 0 Å². The minimum absolute atomic E-state index is 0. The van der Waals surface area contributed by atoms with Crippen LogP contribution in [-0.2, 0) is 40.6 Å². The SMILES string of the molecule is CCCCC#C[C@@H](O)CCC[C@H](C)O[C-]=O.[C-]#[O+].[C-]#[O+].[C-]#[O+].[Fe+2]. The minimum Gasteiger partial charge on any atom is 2.00 e. The van der Waals surface area contributed by atoms with Crippen molar-refractivity contribution in [3.05, 3.63) is 20.0 Å². The molecule has 7 heteroatoms. The molecule has 0 amide bonds. The molecule has 6 nitrogen and oxygen atoms in total. The van der Waals surface area contributed by atoms with Gasteiger partial charge in [0.05, 0.1) is 6.10 Å². The first-order valence-electron chi connectivity index (χ1n) is 6.51. The van der Waals surface area contributed by atoms with Crippen molar-refractivity contribution in [3.8, 4) is 11.8 Å². The molecule has 0 heterocycles. The molecule has 23 heavy (non-hydrogen) atoms. The van der Waals surface area contributed by atoms with Gasteiger partial charge in [0.1, 0.15) is 6.10 Å². The number of rotatable bonds is 8. The van der Waals surface area contributed by atoms with Gasteiger partial charge in [-0.1, -0.05) is 25.7 Å². The normalized spacial score (nSPS) is 9.61. The molecule has 0 saturated heterocycles. The van der Waals surface area contributed by atoms with Crippen LogP contribution in [0.4, 0.5) is 0 Å². The van der Waals surface area contributed by atoms with Crippen LogP contribution in [0.5, 0.6) is 0 Å². The molecule has 0 aliphatic carbocycles. The van der Waals surface area contributed by atoms with Crippen LogP contribution in [0, 0.1) is 31.8 Å². The molecule has 0 bridgehead atoms. The Balaban J connectivity index is -0.000000137. The van der Waals surface area contributed by atoms with E-state index in [0.29, 0.717) is 6.42 Å². The van der Waals surface area contributed by atoms with Crippen molar-refractivity contribution < 1.29 is 45.7 Å². The fourth-order valence-electron chi connectivity index (χ4n) is 1.27. The topological polar surface area (TPSA) is 106 Å². The van der Waals surface area contributed by atoms with E-state index in [1.807, 2.05) is 6.92 Å². The Morgan fingerprint density at radius 2 is 1.65 bits per heavy atom. The van der Waals surface area contributed by atoms with Gasteiger partial charge in [-0.15, -0.1) is 5.92 Å². The summed E-state index contributed by atoms with van der Waals surface area (Å²) in [5.41, 5.74) is 0. The molecule has 0 unspecified atom stereocenters. The fraction of sp³-hybridized carbons (Fsp3) is 0.625. The van der Waals surface area contributed by atoms with Crippen LogP contribution in [0.15, 0.2) is 0 Å². The van der Waals surface area contributed by atoms with Crippen LogP contribution in [0.1, 0.15) is 52.4 Å². The van der Waals surface area contributed by atoms with Crippen molar-refractivity contribution in [2.45, 2.75) is 64.6 Å². The molecule has 0 aliphatic heterocycles. The Kier molecular flexibility index (Phi) is 53.9. The number of aliphatic hydroxyl groups excluding tert-OH is 1. The maximum absolute atomic E-state index is 9.90. The molecular weight excluding hydrogens is 344 g/mol. The predicted octanol–water partition coefficient (Wildman–Crippen LogP) is 2.07. The third-order valence-corrected chi connectivity index (χ3v) is 2.26. The largest absolute Gasteiger partial charge is 2.00 e. The van der Waals surface area contributed by atoms with E-state index in [2.05, 4.69) is 43.5 Å². The van der Waals surface area contributed by atoms with Crippen LogP contribution in [0.2, 0.25) is 0 Å². The Morgan fingerprint density at radius 3 is 2.09 bits per heavy atom. The molecule has 1 N–H and O–H groups in total. The summed E-state index contributed by atoms with van der Waals surface area (Å²) in [6.07, 6.45) is 4.55. The van der Waals surface area contributed by atoms with Gasteiger partial charge in [0.25, 0.3) is 0 Å². The zero-order chi connectivity index (χ0) is 18.2. The second-order valence-electron chi connectivity index (χ2n) is 3.88. The molecule has 0 radical (unpaired) electrons. The number of hydrogen-bond acceptors (Lipinski definition) is 3. The van der Waals surface area contributed by atoms with E-state index in [4.69, 9.17) is 14.0 Å². The summed E-state index contributed by atoms with van der Waals surface area (Å²) in [5.74, 6) is 5.77. The number of unbranched alkanes of at least 4 members (excludes halogenated alkanes) is 2. The number of ether oxygens (including phenoxy) is 1. The Morgan fingerprint density at radius 1 is 1.13 bits per heavy atom. The van der Waals surface area contributed by atoms with Crippen LogP contribution >= 0.6 is 0 Å². The van der Waals surface area contributed by atoms with E-state index in [1.165, 1.54) is 6.47 Å². The Labute approximate surface area is 149 Å². The van der Waals surface area contributed by atoms with E-state index < -0.39 is 6.10 Å². The number of carbonyl (C=O) groups excluding carboxylic acids is 1. The van der Waals surface area contributed by atoms with Crippen molar-refractivity contribution in [1.29, 1.82) is 0 Å². The zero-order valence-corrected chi connectivity index (χ0v) is 14.3. The maximum atomic E-state index is 9.90. The van der Waals surface area contributed by atoms with Gasteiger partial charge >= 0.3 is 51.0 Å². The first-order valence-corrected chi connectivity index (χ1v) is 6.51. The number of aliphatic hydroxyl groups is 1.